The van der Waals surface area contributed by atoms with Crippen LogP contribution < -0.4 is 19.3 Å². The van der Waals surface area contributed by atoms with Gasteiger partial charge in [0.05, 0.1) is 19.1 Å². The third-order valence-electron chi connectivity index (χ3n) is 5.73. The van der Waals surface area contributed by atoms with Crippen LogP contribution in [0.3, 0.4) is 0 Å². The van der Waals surface area contributed by atoms with Gasteiger partial charge in [0.15, 0.2) is 11.5 Å². The summed E-state index contributed by atoms with van der Waals surface area (Å²) in [5.41, 5.74) is 1.36. The van der Waals surface area contributed by atoms with Crippen LogP contribution >= 0.6 is 0 Å². The highest BCUT2D eigenvalue weighted by molar-refractivity contribution is 5.44. The van der Waals surface area contributed by atoms with Crippen molar-refractivity contribution in [1.82, 2.24) is 0 Å². The van der Waals surface area contributed by atoms with Crippen molar-refractivity contribution < 1.29 is 24.0 Å². The Morgan fingerprint density at radius 3 is 2.46 bits per heavy atom. The van der Waals surface area contributed by atoms with Crippen molar-refractivity contribution in [2.75, 3.05) is 33.0 Å². The standard InChI is InChI=1S/C19H28N2O3/c1-14-10-21(11-15(2)24-14)17-5-7-20(8-6-17)12-16-3-4-18-19(9-16)23-13-22-18/h3-4,9,14-15,17H,5-8,10-13H2,1-2H3/p+2/t14-,15-/m1/s1. The van der Waals surface area contributed by atoms with Crippen LogP contribution in [0.25, 0.3) is 0 Å². The molecule has 1 aromatic carbocycles. The van der Waals surface area contributed by atoms with Crippen molar-refractivity contribution in [3.63, 3.8) is 0 Å². The summed E-state index contributed by atoms with van der Waals surface area (Å²) in [6, 6.07) is 7.20. The van der Waals surface area contributed by atoms with E-state index in [0.29, 0.717) is 19.0 Å². The molecule has 5 heteroatoms. The number of hydrogen-bond acceptors (Lipinski definition) is 3. The number of rotatable bonds is 3. The normalized spacial score (nSPS) is 35.8. The molecule has 1 aromatic rings. The van der Waals surface area contributed by atoms with Crippen LogP contribution in [-0.4, -0.2) is 51.2 Å². The molecule has 0 spiro atoms. The van der Waals surface area contributed by atoms with Crippen LogP contribution in [0.15, 0.2) is 18.2 Å². The van der Waals surface area contributed by atoms with E-state index in [1.165, 1.54) is 44.6 Å². The first-order chi connectivity index (χ1) is 11.7. The monoisotopic (exact) mass is 334 g/mol. The van der Waals surface area contributed by atoms with Gasteiger partial charge in [-0.25, -0.2) is 0 Å². The second-order valence-electron chi connectivity index (χ2n) is 7.71. The van der Waals surface area contributed by atoms with Gasteiger partial charge in [-0.15, -0.1) is 0 Å². The lowest BCUT2D eigenvalue weighted by molar-refractivity contribution is -0.970. The third kappa shape index (κ3) is 3.53. The highest BCUT2D eigenvalue weighted by Gasteiger charge is 2.35. The van der Waals surface area contributed by atoms with E-state index >= 15 is 0 Å². The molecule has 0 bridgehead atoms. The van der Waals surface area contributed by atoms with Crippen molar-refractivity contribution in [3.05, 3.63) is 23.8 Å². The number of nitrogens with one attached hydrogen (secondary N) is 2. The molecule has 5 nitrogen and oxygen atoms in total. The van der Waals surface area contributed by atoms with E-state index in [4.69, 9.17) is 14.2 Å². The molecule has 2 N–H and O–H groups in total. The molecule has 0 aromatic heterocycles. The minimum atomic E-state index is 0.357. The summed E-state index contributed by atoms with van der Waals surface area (Å²) >= 11 is 0. The number of likely N-dealkylation sites (tertiary alicyclic amines) is 1. The summed E-state index contributed by atoms with van der Waals surface area (Å²) in [6.45, 7) is 10.8. The Kier molecular flexibility index (Phi) is 4.66. The molecule has 0 saturated carbocycles. The second-order valence-corrected chi connectivity index (χ2v) is 7.71. The number of morpholine rings is 1. The molecular weight excluding hydrogens is 304 g/mol. The van der Waals surface area contributed by atoms with Crippen molar-refractivity contribution in [2.45, 2.75) is 51.5 Å². The quantitative estimate of drug-likeness (QED) is 0.794. The molecule has 0 unspecified atom stereocenters. The predicted octanol–water partition coefficient (Wildman–Crippen LogP) is -0.345. The molecule has 0 radical (unpaired) electrons. The fraction of sp³-hybridized carbons (Fsp3) is 0.684. The Balaban J connectivity index is 1.30. The minimum absolute atomic E-state index is 0.357. The molecule has 0 amide bonds. The first kappa shape index (κ1) is 16.2. The Morgan fingerprint density at radius 1 is 1.00 bits per heavy atom. The van der Waals surface area contributed by atoms with Gasteiger partial charge in [-0.2, -0.15) is 0 Å². The van der Waals surface area contributed by atoms with E-state index in [2.05, 4.69) is 26.0 Å². The van der Waals surface area contributed by atoms with E-state index in [-0.39, 0.29) is 0 Å². The highest BCUT2D eigenvalue weighted by Crippen LogP contribution is 2.32. The number of benzene rings is 1. The van der Waals surface area contributed by atoms with Crippen LogP contribution in [0.2, 0.25) is 0 Å². The van der Waals surface area contributed by atoms with Crippen LogP contribution in [0.1, 0.15) is 32.3 Å². The molecule has 24 heavy (non-hydrogen) atoms. The summed E-state index contributed by atoms with van der Waals surface area (Å²) in [5.74, 6) is 1.79. The zero-order valence-corrected chi connectivity index (χ0v) is 14.8. The Labute approximate surface area is 144 Å². The molecule has 3 heterocycles. The van der Waals surface area contributed by atoms with Gasteiger partial charge in [0.25, 0.3) is 0 Å². The lowest BCUT2D eigenvalue weighted by Gasteiger charge is -2.39. The summed E-state index contributed by atoms with van der Waals surface area (Å²) < 4.78 is 16.8. The van der Waals surface area contributed by atoms with E-state index in [1.54, 1.807) is 9.80 Å². The van der Waals surface area contributed by atoms with Crippen molar-refractivity contribution in [2.24, 2.45) is 0 Å². The molecule has 2 fully saturated rings. The van der Waals surface area contributed by atoms with E-state index in [1.807, 2.05) is 6.07 Å². The summed E-state index contributed by atoms with van der Waals surface area (Å²) in [4.78, 5) is 3.46. The van der Waals surface area contributed by atoms with Gasteiger partial charge in [0.2, 0.25) is 6.79 Å². The number of fused-ring (bicyclic) bond motifs is 1. The Bertz CT molecular complexity index is 562. The maximum Gasteiger partial charge on any atom is 0.231 e. The Hall–Kier alpha value is -1.30. The van der Waals surface area contributed by atoms with Crippen molar-refractivity contribution in [1.29, 1.82) is 0 Å². The first-order valence-electron chi connectivity index (χ1n) is 9.39. The van der Waals surface area contributed by atoms with Crippen LogP contribution in [0.4, 0.5) is 0 Å². The number of ether oxygens (including phenoxy) is 3. The highest BCUT2D eigenvalue weighted by atomic mass is 16.7. The molecule has 2 atom stereocenters. The zero-order chi connectivity index (χ0) is 16.5. The van der Waals surface area contributed by atoms with Crippen molar-refractivity contribution >= 4 is 0 Å². The minimum Gasteiger partial charge on any atom is -0.454 e. The van der Waals surface area contributed by atoms with E-state index in [0.717, 1.165) is 24.1 Å². The van der Waals surface area contributed by atoms with Gasteiger partial charge >= 0.3 is 0 Å². The summed E-state index contributed by atoms with van der Waals surface area (Å²) in [5, 5.41) is 0. The fourth-order valence-corrected chi connectivity index (χ4v) is 4.60. The first-order valence-corrected chi connectivity index (χ1v) is 9.39. The van der Waals surface area contributed by atoms with Gasteiger partial charge in [-0.1, -0.05) is 0 Å². The maximum atomic E-state index is 5.90. The van der Waals surface area contributed by atoms with Gasteiger partial charge in [0, 0.05) is 18.4 Å². The largest absolute Gasteiger partial charge is 0.454 e. The molecule has 3 aliphatic rings. The summed E-state index contributed by atoms with van der Waals surface area (Å²) in [7, 11) is 0. The van der Waals surface area contributed by atoms with Crippen LogP contribution in [-0.2, 0) is 11.3 Å². The number of hydrogen-bond donors (Lipinski definition) is 2. The second kappa shape index (κ2) is 6.90. The van der Waals surface area contributed by atoms with Crippen LogP contribution in [0.5, 0.6) is 11.5 Å². The maximum absolute atomic E-state index is 5.90. The predicted molar refractivity (Wildman–Crippen MR) is 90.7 cm³/mol. The van der Waals surface area contributed by atoms with E-state index in [9.17, 15) is 0 Å². The SMILES string of the molecule is C[C@@H]1C[NH+](C2CC[NH+](Cc3ccc4c(c3)OCO4)CC2)C[C@@H](C)O1. The topological polar surface area (TPSA) is 36.6 Å². The molecule has 0 aliphatic carbocycles. The zero-order valence-electron chi connectivity index (χ0n) is 14.8. The van der Waals surface area contributed by atoms with Gasteiger partial charge in [0.1, 0.15) is 31.8 Å². The Morgan fingerprint density at radius 2 is 1.71 bits per heavy atom. The lowest BCUT2D eigenvalue weighted by atomic mass is 10.0. The smallest absolute Gasteiger partial charge is 0.231 e. The molecule has 132 valence electrons. The van der Waals surface area contributed by atoms with Crippen molar-refractivity contribution in [3.8, 4) is 11.5 Å². The lowest BCUT2D eigenvalue weighted by Crippen LogP contribution is -3.22. The van der Waals surface area contributed by atoms with Gasteiger partial charge in [-0.3, -0.25) is 0 Å². The fourth-order valence-electron chi connectivity index (χ4n) is 4.60. The molecular formula is C19H30N2O3+2. The average Bonchev–Trinajstić information content (AvgIpc) is 3.02. The number of piperidine rings is 1. The number of quaternary nitrogens is 2. The average molecular weight is 334 g/mol. The molecule has 4 rings (SSSR count). The molecule has 3 aliphatic heterocycles. The third-order valence-corrected chi connectivity index (χ3v) is 5.73. The molecule has 2 saturated heterocycles. The van der Waals surface area contributed by atoms with E-state index < -0.39 is 0 Å². The van der Waals surface area contributed by atoms with Gasteiger partial charge in [-0.05, 0) is 32.0 Å². The van der Waals surface area contributed by atoms with Crippen LogP contribution in [0, 0.1) is 0 Å². The van der Waals surface area contributed by atoms with Gasteiger partial charge < -0.3 is 24.0 Å². The summed E-state index contributed by atoms with van der Waals surface area (Å²) in [6.07, 6.45) is 3.47.